The summed E-state index contributed by atoms with van der Waals surface area (Å²) in [6.45, 7) is 4.11. The predicted molar refractivity (Wildman–Crippen MR) is 115 cm³/mol. The van der Waals surface area contributed by atoms with E-state index < -0.39 is 0 Å². The van der Waals surface area contributed by atoms with Crippen LogP contribution < -0.4 is 0 Å². The molecule has 1 amide bonds. The maximum Gasteiger partial charge on any atom is 0.227 e. The highest BCUT2D eigenvalue weighted by Gasteiger charge is 2.25. The largest absolute Gasteiger partial charge is 0.464 e. The summed E-state index contributed by atoms with van der Waals surface area (Å²) in [5.74, 6) is 0.0189. The van der Waals surface area contributed by atoms with E-state index in [1.165, 1.54) is 5.56 Å². The number of carbonyl (C=O) groups excluding carboxylic acids is 1. The van der Waals surface area contributed by atoms with Crippen molar-refractivity contribution in [3.05, 3.63) is 101 Å². The Labute approximate surface area is 170 Å². The molecule has 146 valence electrons. The summed E-state index contributed by atoms with van der Waals surface area (Å²) >= 11 is 0. The van der Waals surface area contributed by atoms with Gasteiger partial charge < -0.3 is 9.32 Å². The van der Waals surface area contributed by atoms with Crippen LogP contribution in [0.2, 0.25) is 0 Å². The van der Waals surface area contributed by atoms with Crippen LogP contribution >= 0.6 is 0 Å². The standard InChI is InChI=1S/C25H24N2O2/c1-17-12-13-21-20(16-29-25(21)18(17)2)15-23(28)27(3)24(19-9-5-4-6-10-19)22-11-7-8-14-26-22/h4-14,16,24H,15H2,1-3H3. The second kappa shape index (κ2) is 7.92. The molecular formula is C25H24N2O2. The van der Waals surface area contributed by atoms with Gasteiger partial charge in [0.1, 0.15) is 5.58 Å². The first-order valence-electron chi connectivity index (χ1n) is 9.74. The van der Waals surface area contributed by atoms with Gasteiger partial charge in [0.05, 0.1) is 24.4 Å². The Bertz CT molecular complexity index is 1090. The fraction of sp³-hybridized carbons (Fsp3) is 0.200. The zero-order valence-corrected chi connectivity index (χ0v) is 16.9. The van der Waals surface area contributed by atoms with Crippen molar-refractivity contribution in [3.8, 4) is 0 Å². The van der Waals surface area contributed by atoms with Crippen LogP contribution in [0.1, 0.15) is 34.0 Å². The molecule has 0 saturated heterocycles. The maximum absolute atomic E-state index is 13.3. The molecule has 0 radical (unpaired) electrons. The third-order valence-electron chi connectivity index (χ3n) is 5.55. The van der Waals surface area contributed by atoms with E-state index in [4.69, 9.17) is 4.42 Å². The molecule has 1 atom stereocenters. The minimum atomic E-state index is -0.243. The summed E-state index contributed by atoms with van der Waals surface area (Å²) < 4.78 is 5.79. The van der Waals surface area contributed by atoms with E-state index in [2.05, 4.69) is 18.0 Å². The van der Waals surface area contributed by atoms with Gasteiger partial charge >= 0.3 is 0 Å². The van der Waals surface area contributed by atoms with Gasteiger partial charge in [0.25, 0.3) is 0 Å². The number of rotatable bonds is 5. The maximum atomic E-state index is 13.3. The van der Waals surface area contributed by atoms with Crippen molar-refractivity contribution in [1.29, 1.82) is 0 Å². The van der Waals surface area contributed by atoms with Gasteiger partial charge in [-0.3, -0.25) is 9.78 Å². The molecule has 2 aromatic heterocycles. The van der Waals surface area contributed by atoms with E-state index in [0.717, 1.165) is 33.4 Å². The molecule has 0 aliphatic rings. The SMILES string of the molecule is Cc1ccc2c(CC(=O)N(C)C(c3ccccc3)c3ccccn3)coc2c1C. The number of likely N-dealkylation sites (N-methyl/N-ethyl adjacent to an activating group) is 1. The monoisotopic (exact) mass is 384 g/mol. The highest BCUT2D eigenvalue weighted by molar-refractivity contribution is 5.89. The number of amides is 1. The molecule has 0 fully saturated rings. The molecule has 4 nitrogen and oxygen atoms in total. The van der Waals surface area contributed by atoms with Gasteiger partial charge in [-0.15, -0.1) is 0 Å². The molecule has 0 aliphatic carbocycles. The second-order valence-corrected chi connectivity index (χ2v) is 7.39. The molecule has 0 aliphatic heterocycles. The van der Waals surface area contributed by atoms with Gasteiger partial charge in [0, 0.05) is 24.2 Å². The quantitative estimate of drug-likeness (QED) is 0.473. The lowest BCUT2D eigenvalue weighted by Gasteiger charge is -2.28. The van der Waals surface area contributed by atoms with Crippen LogP contribution in [0.15, 0.2) is 77.5 Å². The third kappa shape index (κ3) is 3.66. The zero-order chi connectivity index (χ0) is 20.4. The molecule has 4 heteroatoms. The summed E-state index contributed by atoms with van der Waals surface area (Å²) in [4.78, 5) is 19.5. The van der Waals surface area contributed by atoms with E-state index in [9.17, 15) is 4.79 Å². The summed E-state index contributed by atoms with van der Waals surface area (Å²) in [5.41, 5.74) is 5.95. The molecule has 29 heavy (non-hydrogen) atoms. The number of benzene rings is 2. The van der Waals surface area contributed by atoms with Crippen LogP contribution in [0.4, 0.5) is 0 Å². The first-order chi connectivity index (χ1) is 14.1. The Balaban J connectivity index is 1.66. The number of furan rings is 1. The first-order valence-corrected chi connectivity index (χ1v) is 9.74. The summed E-state index contributed by atoms with van der Waals surface area (Å²) in [7, 11) is 1.84. The molecule has 0 spiro atoms. The lowest BCUT2D eigenvalue weighted by Crippen LogP contribution is -2.33. The van der Waals surface area contributed by atoms with Gasteiger partial charge in [-0.05, 0) is 42.7 Å². The van der Waals surface area contributed by atoms with Crippen LogP contribution in [0.3, 0.4) is 0 Å². The van der Waals surface area contributed by atoms with Gasteiger partial charge in [-0.2, -0.15) is 0 Å². The molecule has 2 heterocycles. The molecule has 0 saturated carbocycles. The average Bonchev–Trinajstić information content (AvgIpc) is 3.15. The van der Waals surface area contributed by atoms with Crippen LogP contribution in [0, 0.1) is 13.8 Å². The minimum Gasteiger partial charge on any atom is -0.464 e. The van der Waals surface area contributed by atoms with Crippen LogP contribution in [-0.2, 0) is 11.2 Å². The second-order valence-electron chi connectivity index (χ2n) is 7.39. The topological polar surface area (TPSA) is 46.3 Å². The van der Waals surface area contributed by atoms with E-state index in [0.29, 0.717) is 0 Å². The van der Waals surface area contributed by atoms with Gasteiger partial charge in [-0.25, -0.2) is 0 Å². The lowest BCUT2D eigenvalue weighted by molar-refractivity contribution is -0.130. The van der Waals surface area contributed by atoms with Crippen LogP contribution in [0.25, 0.3) is 11.0 Å². The number of nitrogens with zero attached hydrogens (tertiary/aromatic N) is 2. The van der Waals surface area contributed by atoms with Crippen molar-refractivity contribution >= 4 is 16.9 Å². The van der Waals surface area contributed by atoms with Crippen LogP contribution in [0.5, 0.6) is 0 Å². The van der Waals surface area contributed by atoms with Crippen molar-refractivity contribution in [2.45, 2.75) is 26.3 Å². The first kappa shape index (κ1) is 18.9. The minimum absolute atomic E-state index is 0.0189. The molecule has 1 unspecified atom stereocenters. The summed E-state index contributed by atoms with van der Waals surface area (Å²) in [6, 6.07) is 19.7. The number of hydrogen-bond donors (Lipinski definition) is 0. The van der Waals surface area contributed by atoms with Gasteiger partial charge in [-0.1, -0.05) is 48.5 Å². The Morgan fingerprint density at radius 2 is 1.79 bits per heavy atom. The van der Waals surface area contributed by atoms with Gasteiger partial charge in [0.15, 0.2) is 0 Å². The van der Waals surface area contributed by atoms with E-state index >= 15 is 0 Å². The number of hydrogen-bond acceptors (Lipinski definition) is 3. The van der Waals surface area contributed by atoms with Crippen molar-refractivity contribution in [2.75, 3.05) is 7.05 Å². The smallest absolute Gasteiger partial charge is 0.227 e. The van der Waals surface area contributed by atoms with E-state index in [-0.39, 0.29) is 18.4 Å². The van der Waals surface area contributed by atoms with Crippen LogP contribution in [-0.4, -0.2) is 22.8 Å². The number of pyridine rings is 1. The normalized spacial score (nSPS) is 12.1. The molecule has 0 bridgehead atoms. The fourth-order valence-corrected chi connectivity index (χ4v) is 3.72. The third-order valence-corrected chi connectivity index (χ3v) is 5.55. The summed E-state index contributed by atoms with van der Waals surface area (Å²) in [5, 5.41) is 1.00. The lowest BCUT2D eigenvalue weighted by atomic mass is 10.00. The predicted octanol–water partition coefficient (Wildman–Crippen LogP) is 5.24. The molecule has 4 aromatic rings. The molecule has 4 rings (SSSR count). The van der Waals surface area contributed by atoms with Crippen molar-refractivity contribution in [1.82, 2.24) is 9.88 Å². The molecule has 0 N–H and O–H groups in total. The average molecular weight is 384 g/mol. The molecule has 2 aromatic carbocycles. The van der Waals surface area contributed by atoms with Gasteiger partial charge in [0.2, 0.25) is 5.91 Å². The van der Waals surface area contributed by atoms with Crippen molar-refractivity contribution in [2.24, 2.45) is 0 Å². The van der Waals surface area contributed by atoms with E-state index in [1.807, 2.05) is 68.6 Å². The number of aromatic nitrogens is 1. The number of fused-ring (bicyclic) bond motifs is 1. The Kier molecular flexibility index (Phi) is 5.17. The van der Waals surface area contributed by atoms with Crippen molar-refractivity contribution in [3.63, 3.8) is 0 Å². The Morgan fingerprint density at radius 1 is 1.03 bits per heavy atom. The van der Waals surface area contributed by atoms with E-state index in [1.54, 1.807) is 17.4 Å². The number of carbonyl (C=O) groups is 1. The fourth-order valence-electron chi connectivity index (χ4n) is 3.72. The Morgan fingerprint density at radius 3 is 2.52 bits per heavy atom. The highest BCUT2D eigenvalue weighted by atomic mass is 16.3. The summed E-state index contributed by atoms with van der Waals surface area (Å²) in [6.07, 6.45) is 3.75. The Hall–Kier alpha value is -3.40. The number of aryl methyl sites for hydroxylation is 2. The molecular weight excluding hydrogens is 360 g/mol. The highest BCUT2D eigenvalue weighted by Crippen LogP contribution is 2.29. The zero-order valence-electron chi connectivity index (χ0n) is 16.9. The van der Waals surface area contributed by atoms with Crippen molar-refractivity contribution < 1.29 is 9.21 Å².